The van der Waals surface area contributed by atoms with Crippen LogP contribution in [0.15, 0.2) is 65.8 Å². The molecule has 0 aliphatic heterocycles. The van der Waals surface area contributed by atoms with Crippen LogP contribution in [0.3, 0.4) is 0 Å². The average Bonchev–Trinajstić information content (AvgIpc) is 3.09. The lowest BCUT2D eigenvalue weighted by Gasteiger charge is -2.10. The molecule has 0 spiro atoms. The summed E-state index contributed by atoms with van der Waals surface area (Å²) < 4.78 is 34.9. The van der Waals surface area contributed by atoms with Crippen LogP contribution in [0.25, 0.3) is 0 Å². The van der Waals surface area contributed by atoms with Gasteiger partial charge in [-0.3, -0.25) is 9.40 Å². The number of ether oxygens (including phenoxy) is 1. The Kier molecular flexibility index (Phi) is 5.27. The molecule has 0 bridgehead atoms. The van der Waals surface area contributed by atoms with Crippen molar-refractivity contribution < 1.29 is 13.2 Å². The Labute approximate surface area is 153 Å². The number of anilines is 1. The molecule has 3 rings (SSSR count). The number of hydrogen-bond acceptors (Lipinski definition) is 4. The minimum absolute atomic E-state index is 0.233. The number of benzene rings is 2. The number of hydrogen-bond donors (Lipinski definition) is 1. The molecule has 1 aromatic heterocycles. The van der Waals surface area contributed by atoms with Gasteiger partial charge < -0.3 is 4.74 Å². The predicted octanol–water partition coefficient (Wildman–Crippen LogP) is 3.59. The van der Waals surface area contributed by atoms with Crippen molar-refractivity contribution in [2.45, 2.75) is 31.9 Å². The van der Waals surface area contributed by atoms with Gasteiger partial charge in [-0.15, -0.1) is 0 Å². The van der Waals surface area contributed by atoms with Crippen LogP contribution in [-0.4, -0.2) is 18.2 Å². The van der Waals surface area contributed by atoms with Crippen LogP contribution >= 0.6 is 0 Å². The van der Waals surface area contributed by atoms with Crippen molar-refractivity contribution in [3.8, 4) is 5.75 Å². The molecule has 0 unspecified atom stereocenters. The molecular formula is C19H21N3O3S. The Morgan fingerprint density at radius 1 is 1.08 bits per heavy atom. The molecule has 7 heteroatoms. The van der Waals surface area contributed by atoms with Crippen LogP contribution in [0.2, 0.25) is 0 Å². The molecule has 2 aromatic carbocycles. The smallest absolute Gasteiger partial charge is 0.261 e. The van der Waals surface area contributed by atoms with Crippen LogP contribution in [-0.2, 0) is 23.2 Å². The average molecular weight is 371 g/mol. The van der Waals surface area contributed by atoms with Crippen LogP contribution in [0.1, 0.15) is 18.1 Å². The van der Waals surface area contributed by atoms with Crippen molar-refractivity contribution in [2.75, 3.05) is 4.72 Å². The van der Waals surface area contributed by atoms with Crippen molar-refractivity contribution in [2.24, 2.45) is 0 Å². The molecule has 1 heterocycles. The lowest BCUT2D eigenvalue weighted by Crippen LogP contribution is -2.12. The Morgan fingerprint density at radius 2 is 1.77 bits per heavy atom. The van der Waals surface area contributed by atoms with E-state index in [0.29, 0.717) is 18.0 Å². The largest absolute Gasteiger partial charge is 0.489 e. The van der Waals surface area contributed by atoms with Gasteiger partial charge in [0, 0.05) is 24.0 Å². The zero-order valence-corrected chi connectivity index (χ0v) is 15.5. The fraction of sp³-hybridized carbons (Fsp3) is 0.211. The predicted molar refractivity (Wildman–Crippen MR) is 101 cm³/mol. The summed E-state index contributed by atoms with van der Waals surface area (Å²) in [6.45, 7) is 5.16. The zero-order valence-electron chi connectivity index (χ0n) is 14.7. The summed E-state index contributed by atoms with van der Waals surface area (Å²) in [5, 5.41) is 4.20. The molecular weight excluding hydrogens is 350 g/mol. The van der Waals surface area contributed by atoms with E-state index in [1.54, 1.807) is 54.7 Å². The second-order valence-electron chi connectivity index (χ2n) is 5.94. The van der Waals surface area contributed by atoms with Gasteiger partial charge >= 0.3 is 0 Å². The SMILES string of the molecule is CCn1cc(COc2ccc(NS(=O)(=O)c3ccc(C)cc3)cc2)cn1. The maximum absolute atomic E-state index is 12.4. The molecule has 0 radical (unpaired) electrons. The molecule has 1 N–H and O–H groups in total. The Hall–Kier alpha value is -2.80. The highest BCUT2D eigenvalue weighted by atomic mass is 32.2. The quantitative estimate of drug-likeness (QED) is 0.689. The van der Waals surface area contributed by atoms with Crippen LogP contribution in [0.5, 0.6) is 5.75 Å². The maximum atomic E-state index is 12.4. The molecule has 26 heavy (non-hydrogen) atoms. The first-order chi connectivity index (χ1) is 12.5. The number of sulfonamides is 1. The van der Waals surface area contributed by atoms with Gasteiger partial charge in [-0.05, 0) is 50.2 Å². The number of aromatic nitrogens is 2. The summed E-state index contributed by atoms with van der Waals surface area (Å²) in [6.07, 6.45) is 3.71. The van der Waals surface area contributed by atoms with E-state index >= 15 is 0 Å². The van der Waals surface area contributed by atoms with E-state index in [-0.39, 0.29) is 4.90 Å². The van der Waals surface area contributed by atoms with E-state index in [1.165, 1.54) is 0 Å². The summed E-state index contributed by atoms with van der Waals surface area (Å²) in [6, 6.07) is 13.5. The number of rotatable bonds is 7. The van der Waals surface area contributed by atoms with E-state index in [9.17, 15) is 8.42 Å². The molecule has 0 aliphatic carbocycles. The first kappa shape index (κ1) is 18.0. The highest BCUT2D eigenvalue weighted by Gasteiger charge is 2.13. The van der Waals surface area contributed by atoms with E-state index in [0.717, 1.165) is 17.7 Å². The minimum atomic E-state index is -3.60. The number of nitrogens with zero attached hydrogens (tertiary/aromatic N) is 2. The van der Waals surface area contributed by atoms with Gasteiger partial charge in [0.2, 0.25) is 0 Å². The van der Waals surface area contributed by atoms with Gasteiger partial charge in [0.05, 0.1) is 11.1 Å². The summed E-state index contributed by atoms with van der Waals surface area (Å²) in [4.78, 5) is 0.233. The van der Waals surface area contributed by atoms with E-state index in [4.69, 9.17) is 4.74 Å². The van der Waals surface area contributed by atoms with Crippen LogP contribution in [0.4, 0.5) is 5.69 Å². The monoisotopic (exact) mass is 371 g/mol. The fourth-order valence-electron chi connectivity index (χ4n) is 2.37. The first-order valence-corrected chi connectivity index (χ1v) is 9.78. The fourth-order valence-corrected chi connectivity index (χ4v) is 3.43. The van der Waals surface area contributed by atoms with Crippen molar-refractivity contribution in [3.05, 3.63) is 72.1 Å². The van der Waals surface area contributed by atoms with Gasteiger partial charge in [-0.1, -0.05) is 17.7 Å². The van der Waals surface area contributed by atoms with Gasteiger partial charge in [-0.25, -0.2) is 8.42 Å². The van der Waals surface area contributed by atoms with Gasteiger partial charge in [0.15, 0.2) is 0 Å². The molecule has 136 valence electrons. The second-order valence-corrected chi connectivity index (χ2v) is 7.62. The van der Waals surface area contributed by atoms with Crippen molar-refractivity contribution >= 4 is 15.7 Å². The molecule has 0 amide bonds. The highest BCUT2D eigenvalue weighted by molar-refractivity contribution is 7.92. The Balaban J connectivity index is 1.62. The second kappa shape index (κ2) is 7.61. The van der Waals surface area contributed by atoms with E-state index < -0.39 is 10.0 Å². The standard InChI is InChI=1S/C19H21N3O3S/c1-3-22-13-16(12-20-22)14-25-18-8-6-17(7-9-18)21-26(23,24)19-10-4-15(2)5-11-19/h4-13,21H,3,14H2,1-2H3. The molecule has 0 saturated heterocycles. The molecule has 3 aromatic rings. The molecule has 6 nitrogen and oxygen atoms in total. The minimum Gasteiger partial charge on any atom is -0.489 e. The normalized spacial score (nSPS) is 11.3. The summed E-state index contributed by atoms with van der Waals surface area (Å²) >= 11 is 0. The molecule has 0 saturated carbocycles. The van der Waals surface area contributed by atoms with Crippen molar-refractivity contribution in [3.63, 3.8) is 0 Å². The number of aryl methyl sites for hydroxylation is 2. The third kappa shape index (κ3) is 4.43. The van der Waals surface area contributed by atoms with Crippen LogP contribution < -0.4 is 9.46 Å². The highest BCUT2D eigenvalue weighted by Crippen LogP contribution is 2.20. The van der Waals surface area contributed by atoms with Gasteiger partial charge in [0.1, 0.15) is 12.4 Å². The summed E-state index contributed by atoms with van der Waals surface area (Å²) in [7, 11) is -3.60. The Bertz CT molecular complexity index is 962. The molecule has 0 fully saturated rings. The molecule has 0 atom stereocenters. The summed E-state index contributed by atoms with van der Waals surface area (Å²) in [5.41, 5.74) is 2.47. The number of nitrogens with one attached hydrogen (secondary N) is 1. The zero-order chi connectivity index (χ0) is 18.6. The van der Waals surface area contributed by atoms with Crippen molar-refractivity contribution in [1.29, 1.82) is 0 Å². The lowest BCUT2D eigenvalue weighted by molar-refractivity contribution is 0.306. The first-order valence-electron chi connectivity index (χ1n) is 8.30. The third-order valence-corrected chi connectivity index (χ3v) is 5.25. The summed E-state index contributed by atoms with van der Waals surface area (Å²) in [5.74, 6) is 0.660. The van der Waals surface area contributed by atoms with E-state index in [2.05, 4.69) is 9.82 Å². The van der Waals surface area contributed by atoms with E-state index in [1.807, 2.05) is 24.7 Å². The molecule has 0 aliphatic rings. The third-order valence-electron chi connectivity index (χ3n) is 3.85. The van der Waals surface area contributed by atoms with Crippen LogP contribution in [0, 0.1) is 6.92 Å². The van der Waals surface area contributed by atoms with Crippen molar-refractivity contribution in [1.82, 2.24) is 9.78 Å². The Morgan fingerprint density at radius 3 is 2.38 bits per heavy atom. The van der Waals surface area contributed by atoms with Gasteiger partial charge in [-0.2, -0.15) is 5.10 Å². The maximum Gasteiger partial charge on any atom is 0.261 e. The topological polar surface area (TPSA) is 73.2 Å². The van der Waals surface area contributed by atoms with Gasteiger partial charge in [0.25, 0.3) is 10.0 Å². The lowest BCUT2D eigenvalue weighted by atomic mass is 10.2.